The second-order valence-electron chi connectivity index (χ2n) is 5.99. The van der Waals surface area contributed by atoms with Gasteiger partial charge in [-0.25, -0.2) is 0 Å². The number of methoxy groups -OCH3 is 1. The number of halogens is 1. The topological polar surface area (TPSA) is 28.6 Å². The molecule has 3 rings (SSSR count). The van der Waals surface area contributed by atoms with Crippen molar-refractivity contribution in [3.8, 4) is 5.75 Å². The zero-order valence-electron chi connectivity index (χ0n) is 14.2. The first-order chi connectivity index (χ1) is 11.3. The van der Waals surface area contributed by atoms with Crippen molar-refractivity contribution in [2.45, 2.75) is 19.4 Å². The number of ether oxygens (including phenoxy) is 1. The number of likely N-dealkylation sites (tertiary alicyclic amines) is 1. The average Bonchev–Trinajstić information content (AvgIpc) is 3.13. The molecule has 24 heavy (non-hydrogen) atoms. The summed E-state index contributed by atoms with van der Waals surface area (Å²) in [5, 5.41) is 0. The summed E-state index contributed by atoms with van der Waals surface area (Å²) in [5.41, 5.74) is 2.32. The van der Waals surface area contributed by atoms with Crippen molar-refractivity contribution in [1.29, 1.82) is 0 Å². The van der Waals surface area contributed by atoms with Crippen LogP contribution in [0.5, 0.6) is 5.75 Å². The summed E-state index contributed by atoms with van der Waals surface area (Å²) in [6, 6.07) is 14.4. The van der Waals surface area contributed by atoms with Crippen molar-refractivity contribution in [3.63, 3.8) is 0 Å². The Kier molecular flexibility index (Phi) is 7.35. The van der Waals surface area contributed by atoms with Crippen molar-refractivity contribution in [3.05, 3.63) is 54.4 Å². The number of rotatable bonds is 7. The Morgan fingerprint density at radius 3 is 2.46 bits per heavy atom. The van der Waals surface area contributed by atoms with Gasteiger partial charge in [-0.05, 0) is 62.3 Å². The van der Waals surface area contributed by atoms with E-state index < -0.39 is 0 Å². The van der Waals surface area contributed by atoms with Crippen LogP contribution in [0.25, 0.3) is 0 Å². The fourth-order valence-corrected chi connectivity index (χ4v) is 3.05. The molecule has 0 spiro atoms. The van der Waals surface area contributed by atoms with Gasteiger partial charge in [0, 0.05) is 25.0 Å². The summed E-state index contributed by atoms with van der Waals surface area (Å²) in [6.45, 7) is 5.43. The molecule has 0 saturated carbocycles. The van der Waals surface area contributed by atoms with E-state index >= 15 is 0 Å². The Hall–Kier alpha value is -1.78. The molecule has 1 aromatic heterocycles. The second kappa shape index (κ2) is 9.50. The Labute approximate surface area is 150 Å². The first-order valence-corrected chi connectivity index (χ1v) is 8.36. The molecule has 1 aromatic carbocycles. The molecule has 0 unspecified atom stereocenters. The number of benzene rings is 1. The van der Waals surface area contributed by atoms with E-state index in [-0.39, 0.29) is 12.4 Å². The number of hydrogen-bond acceptors (Lipinski definition) is 4. The van der Waals surface area contributed by atoms with Crippen LogP contribution < -0.4 is 9.64 Å². The molecule has 0 N–H and O–H groups in total. The second-order valence-corrected chi connectivity index (χ2v) is 5.99. The largest absolute Gasteiger partial charge is 0.497 e. The summed E-state index contributed by atoms with van der Waals surface area (Å²) in [7, 11) is 1.70. The van der Waals surface area contributed by atoms with Crippen molar-refractivity contribution in [1.82, 2.24) is 9.88 Å². The lowest BCUT2D eigenvalue weighted by atomic mass is 10.2. The third-order valence-corrected chi connectivity index (χ3v) is 4.40. The molecule has 130 valence electrons. The molecular formula is C19H26ClN3O. The van der Waals surface area contributed by atoms with Gasteiger partial charge in [-0.1, -0.05) is 6.07 Å². The van der Waals surface area contributed by atoms with Crippen LogP contribution in [-0.2, 0) is 6.54 Å². The van der Waals surface area contributed by atoms with Gasteiger partial charge in [0.05, 0.1) is 19.3 Å². The van der Waals surface area contributed by atoms with Gasteiger partial charge in [0.25, 0.3) is 0 Å². The fraction of sp³-hybridized carbons (Fsp3) is 0.421. The van der Waals surface area contributed by atoms with Gasteiger partial charge in [-0.2, -0.15) is 0 Å². The number of pyridine rings is 1. The molecule has 0 radical (unpaired) electrons. The maximum atomic E-state index is 5.27. The molecule has 0 bridgehead atoms. The highest BCUT2D eigenvalue weighted by Gasteiger charge is 2.14. The predicted molar refractivity (Wildman–Crippen MR) is 101 cm³/mol. The van der Waals surface area contributed by atoms with Gasteiger partial charge < -0.3 is 14.5 Å². The molecule has 1 aliphatic heterocycles. The van der Waals surface area contributed by atoms with E-state index in [0.717, 1.165) is 31.1 Å². The van der Waals surface area contributed by atoms with Gasteiger partial charge in [-0.15, -0.1) is 12.4 Å². The lowest BCUT2D eigenvalue weighted by molar-refractivity contribution is 0.344. The van der Waals surface area contributed by atoms with E-state index in [1.165, 1.54) is 31.6 Å². The summed E-state index contributed by atoms with van der Waals surface area (Å²) < 4.78 is 5.27. The normalized spacial score (nSPS) is 14.2. The number of hydrogen-bond donors (Lipinski definition) is 0. The minimum atomic E-state index is 0. The molecule has 4 nitrogen and oxygen atoms in total. The van der Waals surface area contributed by atoms with Crippen LogP contribution in [0.3, 0.4) is 0 Å². The van der Waals surface area contributed by atoms with Crippen molar-refractivity contribution < 1.29 is 4.74 Å². The third-order valence-electron chi connectivity index (χ3n) is 4.40. The maximum absolute atomic E-state index is 5.27. The van der Waals surface area contributed by atoms with Crippen LogP contribution in [0, 0.1) is 0 Å². The van der Waals surface area contributed by atoms with E-state index in [1.54, 1.807) is 7.11 Å². The van der Waals surface area contributed by atoms with Crippen molar-refractivity contribution in [2.24, 2.45) is 0 Å². The maximum Gasteiger partial charge on any atom is 0.119 e. The molecule has 5 heteroatoms. The van der Waals surface area contributed by atoms with Crippen LogP contribution in [-0.4, -0.2) is 43.2 Å². The molecule has 2 heterocycles. The molecule has 1 fully saturated rings. The monoisotopic (exact) mass is 347 g/mol. The number of anilines is 1. The van der Waals surface area contributed by atoms with Crippen molar-refractivity contribution in [2.75, 3.05) is 38.2 Å². The van der Waals surface area contributed by atoms with Gasteiger partial charge >= 0.3 is 0 Å². The van der Waals surface area contributed by atoms with Crippen LogP contribution in [0.1, 0.15) is 18.5 Å². The Bertz CT molecular complexity index is 585. The van der Waals surface area contributed by atoms with Crippen LogP contribution >= 0.6 is 12.4 Å². The zero-order chi connectivity index (χ0) is 15.9. The third kappa shape index (κ3) is 5.11. The zero-order valence-corrected chi connectivity index (χ0v) is 15.0. The van der Waals surface area contributed by atoms with Crippen molar-refractivity contribution >= 4 is 18.1 Å². The predicted octanol–water partition coefficient (Wildman–Crippen LogP) is 3.61. The summed E-state index contributed by atoms with van der Waals surface area (Å²) >= 11 is 0. The lowest BCUT2D eigenvalue weighted by Gasteiger charge is -2.27. The first kappa shape index (κ1) is 18.6. The highest BCUT2D eigenvalue weighted by atomic mass is 35.5. The van der Waals surface area contributed by atoms with E-state index in [0.29, 0.717) is 0 Å². The van der Waals surface area contributed by atoms with E-state index in [2.05, 4.69) is 39.0 Å². The van der Waals surface area contributed by atoms with Gasteiger partial charge in [-0.3, -0.25) is 4.98 Å². The quantitative estimate of drug-likeness (QED) is 0.765. The van der Waals surface area contributed by atoms with Gasteiger partial charge in [0.15, 0.2) is 0 Å². The molecule has 0 amide bonds. The minimum Gasteiger partial charge on any atom is -0.497 e. The highest BCUT2D eigenvalue weighted by molar-refractivity contribution is 5.85. The van der Waals surface area contributed by atoms with Crippen LogP contribution in [0.4, 0.5) is 5.69 Å². The lowest BCUT2D eigenvalue weighted by Crippen LogP contribution is -2.33. The smallest absolute Gasteiger partial charge is 0.119 e. The summed E-state index contributed by atoms with van der Waals surface area (Å²) in [4.78, 5) is 9.43. The SMILES string of the molecule is COc1ccc(N(CCN2CCCC2)Cc2ccccn2)cc1.Cl. The molecule has 1 aliphatic rings. The molecule has 0 atom stereocenters. The van der Waals surface area contributed by atoms with E-state index in [1.807, 2.05) is 24.4 Å². The summed E-state index contributed by atoms with van der Waals surface area (Å²) in [5.74, 6) is 0.895. The first-order valence-electron chi connectivity index (χ1n) is 8.36. The fourth-order valence-electron chi connectivity index (χ4n) is 3.05. The van der Waals surface area contributed by atoms with E-state index in [4.69, 9.17) is 4.74 Å². The molecular weight excluding hydrogens is 322 g/mol. The van der Waals surface area contributed by atoms with E-state index in [9.17, 15) is 0 Å². The molecule has 2 aromatic rings. The standard InChI is InChI=1S/C19H25N3O.ClH/c1-23-19-9-7-18(8-10-19)22(15-14-21-12-4-5-13-21)16-17-6-2-3-11-20-17;/h2-3,6-11H,4-5,12-16H2,1H3;1H. The summed E-state index contributed by atoms with van der Waals surface area (Å²) in [6.07, 6.45) is 4.54. The highest BCUT2D eigenvalue weighted by Crippen LogP contribution is 2.21. The number of aromatic nitrogens is 1. The van der Waals surface area contributed by atoms with Gasteiger partial charge in [0.2, 0.25) is 0 Å². The minimum absolute atomic E-state index is 0. The Morgan fingerprint density at radius 1 is 1.08 bits per heavy atom. The average molecular weight is 348 g/mol. The molecule has 0 aliphatic carbocycles. The van der Waals surface area contributed by atoms with Gasteiger partial charge in [0.1, 0.15) is 5.75 Å². The Balaban J connectivity index is 0.00000208. The molecule has 1 saturated heterocycles. The van der Waals surface area contributed by atoms with Crippen LogP contribution in [0.15, 0.2) is 48.7 Å². The number of nitrogens with zero attached hydrogens (tertiary/aromatic N) is 3. The Morgan fingerprint density at radius 2 is 1.83 bits per heavy atom. The van der Waals surface area contributed by atoms with Crippen LogP contribution in [0.2, 0.25) is 0 Å².